The SMILES string of the molecule is COc1cc(Cl)c(NC=O)cc1Cl. The highest BCUT2D eigenvalue weighted by atomic mass is 35.5. The maximum absolute atomic E-state index is 10.1. The third-order valence-corrected chi connectivity index (χ3v) is 2.06. The molecule has 0 saturated carbocycles. The second-order valence-corrected chi connectivity index (χ2v) is 3.04. The van der Waals surface area contributed by atoms with Crippen LogP contribution in [0.15, 0.2) is 12.1 Å². The van der Waals surface area contributed by atoms with E-state index < -0.39 is 0 Å². The minimum absolute atomic E-state index is 0.383. The number of halogens is 2. The highest BCUT2D eigenvalue weighted by Crippen LogP contribution is 2.33. The van der Waals surface area contributed by atoms with Gasteiger partial charge in [0.15, 0.2) is 0 Å². The van der Waals surface area contributed by atoms with E-state index >= 15 is 0 Å². The first-order chi connectivity index (χ1) is 6.19. The zero-order chi connectivity index (χ0) is 9.84. The number of rotatable bonds is 3. The van der Waals surface area contributed by atoms with Crippen LogP contribution in [0.3, 0.4) is 0 Å². The van der Waals surface area contributed by atoms with E-state index in [2.05, 4.69) is 5.32 Å². The molecule has 0 bridgehead atoms. The Kier molecular flexibility index (Phi) is 3.39. The van der Waals surface area contributed by atoms with Gasteiger partial charge in [-0.2, -0.15) is 0 Å². The molecule has 3 nitrogen and oxygen atoms in total. The van der Waals surface area contributed by atoms with Crippen LogP contribution in [0.2, 0.25) is 10.0 Å². The number of anilines is 1. The van der Waals surface area contributed by atoms with Crippen LogP contribution < -0.4 is 10.1 Å². The number of carbonyl (C=O) groups excluding carboxylic acids is 1. The maximum Gasteiger partial charge on any atom is 0.211 e. The maximum atomic E-state index is 10.1. The lowest BCUT2D eigenvalue weighted by Gasteiger charge is -2.07. The molecule has 13 heavy (non-hydrogen) atoms. The first-order valence-corrected chi connectivity index (χ1v) is 4.18. The van der Waals surface area contributed by atoms with Crippen molar-refractivity contribution in [3.63, 3.8) is 0 Å². The Balaban J connectivity index is 3.12. The molecule has 1 rings (SSSR count). The topological polar surface area (TPSA) is 38.3 Å². The van der Waals surface area contributed by atoms with Gasteiger partial charge in [0.25, 0.3) is 0 Å². The lowest BCUT2D eigenvalue weighted by Crippen LogP contribution is -1.95. The van der Waals surface area contributed by atoms with Gasteiger partial charge < -0.3 is 10.1 Å². The van der Waals surface area contributed by atoms with Crippen LogP contribution in [0.4, 0.5) is 5.69 Å². The van der Waals surface area contributed by atoms with Crippen LogP contribution in [0, 0.1) is 0 Å². The third kappa shape index (κ3) is 2.26. The summed E-state index contributed by atoms with van der Waals surface area (Å²) in [5.41, 5.74) is 0.461. The summed E-state index contributed by atoms with van der Waals surface area (Å²) in [6.07, 6.45) is 0.532. The van der Waals surface area contributed by atoms with Gasteiger partial charge in [-0.1, -0.05) is 23.2 Å². The smallest absolute Gasteiger partial charge is 0.211 e. The molecule has 0 fully saturated rings. The van der Waals surface area contributed by atoms with Crippen molar-refractivity contribution >= 4 is 35.3 Å². The molecule has 1 amide bonds. The summed E-state index contributed by atoms with van der Waals surface area (Å²) in [5, 5.41) is 3.20. The van der Waals surface area contributed by atoms with Crippen molar-refractivity contribution in [3.8, 4) is 5.75 Å². The highest BCUT2D eigenvalue weighted by molar-refractivity contribution is 6.36. The van der Waals surface area contributed by atoms with E-state index in [-0.39, 0.29) is 0 Å². The van der Waals surface area contributed by atoms with Crippen LogP contribution in [-0.2, 0) is 4.79 Å². The molecule has 5 heteroatoms. The number of hydrogen-bond acceptors (Lipinski definition) is 2. The second kappa shape index (κ2) is 4.35. The number of hydrogen-bond donors (Lipinski definition) is 1. The quantitative estimate of drug-likeness (QED) is 0.795. The van der Waals surface area contributed by atoms with E-state index in [0.717, 1.165) is 0 Å². The fraction of sp³-hybridized carbons (Fsp3) is 0.125. The molecule has 0 aliphatic carbocycles. The van der Waals surface area contributed by atoms with Gasteiger partial charge in [-0.15, -0.1) is 0 Å². The van der Waals surface area contributed by atoms with Crippen molar-refractivity contribution in [2.24, 2.45) is 0 Å². The number of ether oxygens (including phenoxy) is 1. The predicted octanol–water partition coefficient (Wildman–Crippen LogP) is 2.57. The van der Waals surface area contributed by atoms with Gasteiger partial charge in [0, 0.05) is 6.07 Å². The molecule has 0 heterocycles. The predicted molar refractivity (Wildman–Crippen MR) is 52.7 cm³/mol. The molecule has 0 spiro atoms. The Morgan fingerprint density at radius 1 is 1.38 bits per heavy atom. The number of methoxy groups -OCH3 is 1. The van der Waals surface area contributed by atoms with E-state index in [9.17, 15) is 4.79 Å². The Morgan fingerprint density at radius 2 is 2.08 bits per heavy atom. The molecule has 0 aromatic heterocycles. The Bertz CT molecular complexity index is 328. The molecule has 0 aliphatic rings. The standard InChI is InChI=1S/C8H7Cl2NO2/c1-13-8-3-5(9)7(11-4-12)2-6(8)10/h2-4H,1H3,(H,11,12). The minimum atomic E-state index is 0.383. The molecule has 0 atom stereocenters. The van der Waals surface area contributed by atoms with Crippen LogP contribution in [0.5, 0.6) is 5.75 Å². The largest absolute Gasteiger partial charge is 0.495 e. The van der Waals surface area contributed by atoms with Crippen LogP contribution in [0.25, 0.3) is 0 Å². The van der Waals surface area contributed by atoms with E-state index in [4.69, 9.17) is 27.9 Å². The van der Waals surface area contributed by atoms with E-state index in [1.54, 1.807) is 0 Å². The monoisotopic (exact) mass is 219 g/mol. The van der Waals surface area contributed by atoms with Crippen LogP contribution in [-0.4, -0.2) is 13.5 Å². The Morgan fingerprint density at radius 3 is 2.62 bits per heavy atom. The average molecular weight is 220 g/mol. The molecule has 1 aromatic rings. The van der Waals surface area contributed by atoms with Gasteiger partial charge >= 0.3 is 0 Å². The number of amides is 1. The molecule has 0 aliphatic heterocycles. The molecular weight excluding hydrogens is 213 g/mol. The van der Waals surface area contributed by atoms with Gasteiger partial charge in [-0.05, 0) is 6.07 Å². The van der Waals surface area contributed by atoms with Gasteiger partial charge in [0.05, 0.1) is 22.8 Å². The van der Waals surface area contributed by atoms with E-state index in [1.165, 1.54) is 19.2 Å². The fourth-order valence-electron chi connectivity index (χ4n) is 0.859. The summed E-state index contributed by atoms with van der Waals surface area (Å²) in [5.74, 6) is 0.475. The molecular formula is C8H7Cl2NO2. The molecule has 1 aromatic carbocycles. The van der Waals surface area contributed by atoms with Gasteiger partial charge in [-0.25, -0.2) is 0 Å². The van der Waals surface area contributed by atoms with Gasteiger partial charge in [-0.3, -0.25) is 4.79 Å². The average Bonchev–Trinajstić information content (AvgIpc) is 2.11. The summed E-state index contributed by atoms with van der Waals surface area (Å²) in [6.45, 7) is 0. The lowest BCUT2D eigenvalue weighted by molar-refractivity contribution is -0.105. The number of benzene rings is 1. The van der Waals surface area contributed by atoms with Crippen LogP contribution >= 0.6 is 23.2 Å². The Labute approximate surface area is 85.6 Å². The lowest BCUT2D eigenvalue weighted by atomic mass is 10.3. The summed E-state index contributed by atoms with van der Waals surface area (Å²) in [7, 11) is 1.49. The van der Waals surface area contributed by atoms with Crippen molar-refractivity contribution in [2.45, 2.75) is 0 Å². The number of nitrogens with one attached hydrogen (secondary N) is 1. The molecule has 1 N–H and O–H groups in total. The van der Waals surface area contributed by atoms with E-state index in [0.29, 0.717) is 27.9 Å². The molecule has 0 saturated heterocycles. The summed E-state index contributed by atoms with van der Waals surface area (Å²) < 4.78 is 4.93. The molecule has 70 valence electrons. The van der Waals surface area contributed by atoms with Crippen molar-refractivity contribution in [1.29, 1.82) is 0 Å². The normalized spacial score (nSPS) is 9.46. The minimum Gasteiger partial charge on any atom is -0.495 e. The second-order valence-electron chi connectivity index (χ2n) is 2.23. The number of carbonyl (C=O) groups is 1. The first-order valence-electron chi connectivity index (χ1n) is 3.42. The van der Waals surface area contributed by atoms with Crippen molar-refractivity contribution in [3.05, 3.63) is 22.2 Å². The fourth-order valence-corrected chi connectivity index (χ4v) is 1.31. The zero-order valence-corrected chi connectivity index (χ0v) is 8.32. The summed E-state index contributed by atoms with van der Waals surface area (Å²) in [4.78, 5) is 10.1. The third-order valence-electron chi connectivity index (χ3n) is 1.46. The van der Waals surface area contributed by atoms with Crippen molar-refractivity contribution in [1.82, 2.24) is 0 Å². The summed E-state index contributed by atoms with van der Waals surface area (Å²) in [6, 6.07) is 3.06. The Hall–Kier alpha value is -0.930. The van der Waals surface area contributed by atoms with Gasteiger partial charge in [0.2, 0.25) is 6.41 Å². The molecule has 0 unspecified atom stereocenters. The highest BCUT2D eigenvalue weighted by Gasteiger charge is 2.06. The van der Waals surface area contributed by atoms with Crippen molar-refractivity contribution in [2.75, 3.05) is 12.4 Å². The zero-order valence-electron chi connectivity index (χ0n) is 6.80. The van der Waals surface area contributed by atoms with Crippen LogP contribution in [0.1, 0.15) is 0 Å². The first kappa shape index (κ1) is 10.2. The van der Waals surface area contributed by atoms with E-state index in [1.807, 2.05) is 0 Å². The van der Waals surface area contributed by atoms with Crippen molar-refractivity contribution < 1.29 is 9.53 Å². The van der Waals surface area contributed by atoms with Gasteiger partial charge in [0.1, 0.15) is 5.75 Å². The molecule has 0 radical (unpaired) electrons. The summed E-state index contributed by atoms with van der Waals surface area (Å²) >= 11 is 11.6.